The molecule has 1 unspecified atom stereocenters. The fourth-order valence-electron chi connectivity index (χ4n) is 3.76. The first-order chi connectivity index (χ1) is 12.6. The largest absolute Gasteiger partial charge is 0.342 e. The number of aryl methyl sites for hydroxylation is 3. The molecule has 1 amide bonds. The molecular formula is C20H24N4OS. The van der Waals surface area contributed by atoms with Gasteiger partial charge >= 0.3 is 0 Å². The minimum absolute atomic E-state index is 0.249. The SMILES string of the molecule is Cc1nn(C)cc1CCC(=O)N1CCCC(c2nc3ccccc3s2)C1. The molecule has 0 N–H and O–H groups in total. The number of hydrogen-bond donors (Lipinski definition) is 0. The molecule has 1 atom stereocenters. The Morgan fingerprint density at radius 3 is 2.96 bits per heavy atom. The zero-order chi connectivity index (χ0) is 18.1. The van der Waals surface area contributed by atoms with E-state index in [0.717, 1.165) is 43.6 Å². The number of thiazole rings is 1. The van der Waals surface area contributed by atoms with Crippen molar-refractivity contribution in [3.63, 3.8) is 0 Å². The topological polar surface area (TPSA) is 51.0 Å². The number of carbonyl (C=O) groups excluding carboxylic acids is 1. The van der Waals surface area contributed by atoms with E-state index >= 15 is 0 Å². The van der Waals surface area contributed by atoms with Gasteiger partial charge in [0, 0.05) is 38.7 Å². The average Bonchev–Trinajstić information content (AvgIpc) is 3.22. The molecule has 4 rings (SSSR count). The van der Waals surface area contributed by atoms with Crippen molar-refractivity contribution in [2.24, 2.45) is 7.05 Å². The highest BCUT2D eigenvalue weighted by Crippen LogP contribution is 2.33. The maximum atomic E-state index is 12.7. The van der Waals surface area contributed by atoms with Crippen molar-refractivity contribution in [2.45, 2.75) is 38.5 Å². The number of benzene rings is 1. The smallest absolute Gasteiger partial charge is 0.222 e. The van der Waals surface area contributed by atoms with Gasteiger partial charge in [0.2, 0.25) is 5.91 Å². The lowest BCUT2D eigenvalue weighted by atomic mass is 9.98. The summed E-state index contributed by atoms with van der Waals surface area (Å²) in [6, 6.07) is 8.28. The maximum absolute atomic E-state index is 12.7. The monoisotopic (exact) mass is 368 g/mol. The van der Waals surface area contributed by atoms with Gasteiger partial charge in [-0.1, -0.05) is 12.1 Å². The Hall–Kier alpha value is -2.21. The average molecular weight is 369 g/mol. The third-order valence-corrected chi connectivity index (χ3v) is 6.36. The standard InChI is InChI=1S/C20H24N4OS/c1-14-15(12-23(2)22-14)9-10-19(25)24-11-5-6-16(13-24)20-21-17-7-3-4-8-18(17)26-20/h3-4,7-8,12,16H,5-6,9-11,13H2,1-2H3. The first-order valence-electron chi connectivity index (χ1n) is 9.22. The van der Waals surface area contributed by atoms with Gasteiger partial charge in [0.15, 0.2) is 0 Å². The molecule has 1 saturated heterocycles. The number of rotatable bonds is 4. The van der Waals surface area contributed by atoms with Crippen molar-refractivity contribution in [3.05, 3.63) is 46.7 Å². The Morgan fingerprint density at radius 1 is 1.35 bits per heavy atom. The van der Waals surface area contributed by atoms with Crippen molar-refractivity contribution in [2.75, 3.05) is 13.1 Å². The van der Waals surface area contributed by atoms with E-state index in [4.69, 9.17) is 4.98 Å². The van der Waals surface area contributed by atoms with Crippen LogP contribution in [0, 0.1) is 6.92 Å². The summed E-state index contributed by atoms with van der Waals surface area (Å²) < 4.78 is 3.05. The molecule has 2 aromatic heterocycles. The Kier molecular flexibility index (Phi) is 4.76. The Bertz CT molecular complexity index is 896. The van der Waals surface area contributed by atoms with Crippen molar-refractivity contribution in [3.8, 4) is 0 Å². The number of hydrogen-bond acceptors (Lipinski definition) is 4. The zero-order valence-electron chi connectivity index (χ0n) is 15.3. The zero-order valence-corrected chi connectivity index (χ0v) is 16.1. The number of likely N-dealkylation sites (tertiary alicyclic amines) is 1. The van der Waals surface area contributed by atoms with Crippen LogP contribution in [0.25, 0.3) is 10.2 Å². The van der Waals surface area contributed by atoms with Gasteiger partial charge in [0.05, 0.1) is 20.9 Å². The summed E-state index contributed by atoms with van der Waals surface area (Å²) >= 11 is 1.77. The van der Waals surface area contributed by atoms with Gasteiger partial charge in [0.1, 0.15) is 0 Å². The molecule has 0 spiro atoms. The predicted molar refractivity (Wildman–Crippen MR) is 104 cm³/mol. The van der Waals surface area contributed by atoms with Gasteiger partial charge < -0.3 is 4.90 Å². The fraction of sp³-hybridized carbons (Fsp3) is 0.450. The van der Waals surface area contributed by atoms with Gasteiger partial charge in [-0.2, -0.15) is 5.10 Å². The molecule has 0 aliphatic carbocycles. The summed E-state index contributed by atoms with van der Waals surface area (Å²) in [6.45, 7) is 3.67. The summed E-state index contributed by atoms with van der Waals surface area (Å²) in [4.78, 5) is 19.6. The molecule has 136 valence electrons. The number of fused-ring (bicyclic) bond motifs is 1. The van der Waals surface area contributed by atoms with E-state index in [0.29, 0.717) is 12.3 Å². The van der Waals surface area contributed by atoms with Crippen LogP contribution in [0.2, 0.25) is 0 Å². The van der Waals surface area contributed by atoms with Crippen LogP contribution in [0.4, 0.5) is 0 Å². The molecule has 3 heterocycles. The van der Waals surface area contributed by atoms with Crippen LogP contribution in [0.15, 0.2) is 30.5 Å². The molecule has 1 aromatic carbocycles. The second kappa shape index (κ2) is 7.19. The number of nitrogens with zero attached hydrogens (tertiary/aromatic N) is 4. The Labute approximate surface area is 157 Å². The first kappa shape index (κ1) is 17.2. The third kappa shape index (κ3) is 3.51. The van der Waals surface area contributed by atoms with Crippen LogP contribution in [0.1, 0.15) is 41.4 Å². The second-order valence-corrected chi connectivity index (χ2v) is 8.17. The fourth-order valence-corrected chi connectivity index (χ4v) is 4.86. The van der Waals surface area contributed by atoms with Crippen molar-refractivity contribution in [1.29, 1.82) is 0 Å². The molecule has 0 saturated carbocycles. The minimum atomic E-state index is 0.249. The predicted octanol–water partition coefficient (Wildman–Crippen LogP) is 3.68. The third-order valence-electron chi connectivity index (χ3n) is 5.16. The van der Waals surface area contributed by atoms with Crippen LogP contribution < -0.4 is 0 Å². The lowest BCUT2D eigenvalue weighted by Crippen LogP contribution is -2.39. The van der Waals surface area contributed by atoms with Crippen LogP contribution in [0.3, 0.4) is 0 Å². The molecule has 0 radical (unpaired) electrons. The van der Waals surface area contributed by atoms with E-state index in [2.05, 4.69) is 23.3 Å². The maximum Gasteiger partial charge on any atom is 0.222 e. The van der Waals surface area contributed by atoms with Gasteiger partial charge in [-0.3, -0.25) is 9.48 Å². The Balaban J connectivity index is 1.41. The number of aromatic nitrogens is 3. The summed E-state index contributed by atoms with van der Waals surface area (Å²) in [5.41, 5.74) is 3.26. The van der Waals surface area contributed by atoms with E-state index < -0.39 is 0 Å². The highest BCUT2D eigenvalue weighted by Gasteiger charge is 2.26. The van der Waals surface area contributed by atoms with E-state index in [1.165, 1.54) is 15.3 Å². The molecule has 1 aliphatic heterocycles. The Morgan fingerprint density at radius 2 is 2.19 bits per heavy atom. The number of piperidine rings is 1. The highest BCUT2D eigenvalue weighted by atomic mass is 32.1. The summed E-state index contributed by atoms with van der Waals surface area (Å²) in [5, 5.41) is 5.53. The van der Waals surface area contributed by atoms with Gasteiger partial charge in [-0.25, -0.2) is 4.98 Å². The summed E-state index contributed by atoms with van der Waals surface area (Å²) in [6.07, 6.45) is 5.51. The van der Waals surface area contributed by atoms with Crippen LogP contribution in [-0.4, -0.2) is 38.7 Å². The molecular weight excluding hydrogens is 344 g/mol. The van der Waals surface area contributed by atoms with E-state index in [9.17, 15) is 4.79 Å². The summed E-state index contributed by atoms with van der Waals surface area (Å²) in [7, 11) is 1.92. The normalized spacial score (nSPS) is 17.8. The molecule has 5 nitrogen and oxygen atoms in total. The van der Waals surface area contributed by atoms with Gasteiger partial charge in [-0.05, 0) is 43.9 Å². The minimum Gasteiger partial charge on any atom is -0.342 e. The quantitative estimate of drug-likeness (QED) is 0.706. The summed E-state index contributed by atoms with van der Waals surface area (Å²) in [5.74, 6) is 0.615. The van der Waals surface area contributed by atoms with Crippen molar-refractivity contribution in [1.82, 2.24) is 19.7 Å². The van der Waals surface area contributed by atoms with E-state index in [1.807, 2.05) is 35.8 Å². The van der Waals surface area contributed by atoms with Crippen LogP contribution >= 0.6 is 11.3 Å². The number of carbonyl (C=O) groups is 1. The van der Waals surface area contributed by atoms with E-state index in [1.54, 1.807) is 11.3 Å². The molecule has 6 heteroatoms. The lowest BCUT2D eigenvalue weighted by Gasteiger charge is -2.32. The first-order valence-corrected chi connectivity index (χ1v) is 10.0. The molecule has 1 aliphatic rings. The molecule has 1 fully saturated rings. The highest BCUT2D eigenvalue weighted by molar-refractivity contribution is 7.18. The molecule has 26 heavy (non-hydrogen) atoms. The second-order valence-electron chi connectivity index (χ2n) is 7.11. The van der Waals surface area contributed by atoms with Crippen molar-refractivity contribution < 1.29 is 4.79 Å². The number of amides is 1. The number of para-hydroxylation sites is 1. The van der Waals surface area contributed by atoms with Crippen LogP contribution in [0.5, 0.6) is 0 Å². The molecule has 0 bridgehead atoms. The van der Waals surface area contributed by atoms with Crippen LogP contribution in [-0.2, 0) is 18.3 Å². The van der Waals surface area contributed by atoms with Gasteiger partial charge in [0.25, 0.3) is 0 Å². The van der Waals surface area contributed by atoms with Gasteiger partial charge in [-0.15, -0.1) is 11.3 Å². The van der Waals surface area contributed by atoms with Crippen molar-refractivity contribution >= 4 is 27.5 Å². The van der Waals surface area contributed by atoms with E-state index in [-0.39, 0.29) is 5.91 Å². The molecule has 3 aromatic rings. The lowest BCUT2D eigenvalue weighted by molar-refractivity contribution is -0.132.